The molecule has 1 N–H and O–H groups in total. The van der Waals surface area contributed by atoms with Gasteiger partial charge in [-0.2, -0.15) is 0 Å². The van der Waals surface area contributed by atoms with Gasteiger partial charge in [0.05, 0.1) is 10.6 Å². The molecule has 4 rings (SSSR count). The molecule has 0 bridgehead atoms. The zero-order valence-corrected chi connectivity index (χ0v) is 15.9. The van der Waals surface area contributed by atoms with Crippen LogP contribution in [0.5, 0.6) is 0 Å². The van der Waals surface area contributed by atoms with E-state index in [9.17, 15) is 4.79 Å². The molecule has 0 atom stereocenters. The van der Waals surface area contributed by atoms with Crippen molar-refractivity contribution < 1.29 is 4.79 Å². The maximum absolute atomic E-state index is 12.9. The molecule has 0 radical (unpaired) electrons. The number of fused-ring (bicyclic) bond motifs is 1. The Kier molecular flexibility index (Phi) is 4.60. The average Bonchev–Trinajstić information content (AvgIpc) is 3.02. The summed E-state index contributed by atoms with van der Waals surface area (Å²) < 4.78 is 1.87. The van der Waals surface area contributed by atoms with Gasteiger partial charge in [-0.15, -0.1) is 0 Å². The maximum Gasteiger partial charge on any atom is 0.258 e. The predicted octanol–water partition coefficient (Wildman–Crippen LogP) is 5.87. The number of amides is 1. The second-order valence-corrected chi connectivity index (χ2v) is 6.98. The summed E-state index contributed by atoms with van der Waals surface area (Å²) >= 11 is 12.1. The zero-order valence-electron chi connectivity index (χ0n) is 14.4. The summed E-state index contributed by atoms with van der Waals surface area (Å²) in [4.78, 5) is 17.6. The molecule has 0 unspecified atom stereocenters. The molecule has 27 heavy (non-hydrogen) atoms. The lowest BCUT2D eigenvalue weighted by atomic mass is 10.1. The van der Waals surface area contributed by atoms with Crippen LogP contribution in [0.3, 0.4) is 0 Å². The van der Waals surface area contributed by atoms with E-state index in [-0.39, 0.29) is 5.91 Å². The van der Waals surface area contributed by atoms with E-state index < -0.39 is 0 Å². The molecule has 4 aromatic rings. The van der Waals surface area contributed by atoms with E-state index in [1.165, 1.54) is 0 Å². The zero-order chi connectivity index (χ0) is 19.0. The molecule has 0 saturated heterocycles. The Morgan fingerprint density at radius 2 is 1.81 bits per heavy atom. The second kappa shape index (κ2) is 7.06. The van der Waals surface area contributed by atoms with Crippen molar-refractivity contribution in [2.24, 2.45) is 0 Å². The number of aromatic nitrogens is 2. The van der Waals surface area contributed by atoms with E-state index in [4.69, 9.17) is 28.2 Å². The highest BCUT2D eigenvalue weighted by molar-refractivity contribution is 6.37. The number of carbonyl (C=O) groups is 1. The monoisotopic (exact) mass is 395 g/mol. The van der Waals surface area contributed by atoms with Gasteiger partial charge in [-0.3, -0.25) is 9.20 Å². The number of hydrogen-bond acceptors (Lipinski definition) is 2. The number of imidazole rings is 1. The largest absolute Gasteiger partial charge is 0.306 e. The predicted molar refractivity (Wildman–Crippen MR) is 110 cm³/mol. The lowest BCUT2D eigenvalue weighted by molar-refractivity contribution is 0.102. The van der Waals surface area contributed by atoms with Crippen molar-refractivity contribution in [1.82, 2.24) is 9.38 Å². The fourth-order valence-electron chi connectivity index (χ4n) is 2.97. The summed E-state index contributed by atoms with van der Waals surface area (Å²) in [6.07, 6.45) is 1.88. The molecule has 0 aliphatic carbocycles. The quantitative estimate of drug-likeness (QED) is 0.471. The Morgan fingerprint density at radius 3 is 2.56 bits per heavy atom. The van der Waals surface area contributed by atoms with Crippen molar-refractivity contribution in [3.8, 4) is 11.3 Å². The summed E-state index contributed by atoms with van der Waals surface area (Å²) in [5.74, 6) is 0.271. The van der Waals surface area contributed by atoms with Crippen LogP contribution < -0.4 is 5.32 Å². The highest BCUT2D eigenvalue weighted by Crippen LogP contribution is 2.31. The molecule has 6 heteroatoms. The molecular formula is C21H15Cl2N3O. The van der Waals surface area contributed by atoms with Crippen molar-refractivity contribution >= 4 is 40.6 Å². The van der Waals surface area contributed by atoms with Crippen molar-refractivity contribution in [3.63, 3.8) is 0 Å². The Balaban J connectivity index is 1.85. The van der Waals surface area contributed by atoms with Gasteiger partial charge in [-0.25, -0.2) is 4.98 Å². The summed E-state index contributed by atoms with van der Waals surface area (Å²) in [5, 5.41) is 3.75. The molecule has 2 heterocycles. The van der Waals surface area contributed by atoms with Crippen molar-refractivity contribution in [2.45, 2.75) is 6.92 Å². The van der Waals surface area contributed by atoms with Crippen LogP contribution in [0.1, 0.15) is 15.9 Å². The first kappa shape index (κ1) is 17.6. The summed E-state index contributed by atoms with van der Waals surface area (Å²) in [5.41, 5.74) is 3.76. The number of nitrogens with one attached hydrogen (secondary N) is 1. The Bertz CT molecular complexity index is 1150. The van der Waals surface area contributed by atoms with Gasteiger partial charge >= 0.3 is 0 Å². The number of nitrogens with zero attached hydrogens (tertiary/aromatic N) is 2. The molecule has 0 saturated carbocycles. The van der Waals surface area contributed by atoms with Crippen molar-refractivity contribution in [1.29, 1.82) is 0 Å². The highest BCUT2D eigenvalue weighted by Gasteiger charge is 2.19. The number of rotatable bonds is 3. The first-order valence-electron chi connectivity index (χ1n) is 8.34. The van der Waals surface area contributed by atoms with Crippen LogP contribution in [0.25, 0.3) is 16.9 Å². The van der Waals surface area contributed by atoms with Crippen LogP contribution in [-0.2, 0) is 0 Å². The van der Waals surface area contributed by atoms with Gasteiger partial charge in [-0.05, 0) is 36.8 Å². The number of carbonyl (C=O) groups excluding carboxylic acids is 1. The van der Waals surface area contributed by atoms with E-state index in [0.717, 1.165) is 16.8 Å². The number of halogens is 2. The Morgan fingerprint density at radius 1 is 1.04 bits per heavy atom. The van der Waals surface area contributed by atoms with Gasteiger partial charge in [0.2, 0.25) is 0 Å². The normalized spacial score (nSPS) is 10.9. The minimum absolute atomic E-state index is 0.297. The second-order valence-electron chi connectivity index (χ2n) is 6.14. The van der Waals surface area contributed by atoms with Gasteiger partial charge in [-0.1, -0.05) is 59.6 Å². The topological polar surface area (TPSA) is 46.4 Å². The fraction of sp³-hybridized carbons (Fsp3) is 0.0476. The van der Waals surface area contributed by atoms with Crippen LogP contribution in [-0.4, -0.2) is 15.3 Å². The van der Waals surface area contributed by atoms with Gasteiger partial charge in [0, 0.05) is 16.8 Å². The summed E-state index contributed by atoms with van der Waals surface area (Å²) in [6.45, 7) is 1.98. The van der Waals surface area contributed by atoms with Crippen LogP contribution in [0.15, 0.2) is 66.9 Å². The van der Waals surface area contributed by atoms with Gasteiger partial charge < -0.3 is 5.32 Å². The highest BCUT2D eigenvalue weighted by atomic mass is 35.5. The van der Waals surface area contributed by atoms with E-state index in [0.29, 0.717) is 27.1 Å². The molecular weight excluding hydrogens is 381 g/mol. The van der Waals surface area contributed by atoms with E-state index >= 15 is 0 Å². The minimum Gasteiger partial charge on any atom is -0.306 e. The third-order valence-electron chi connectivity index (χ3n) is 4.30. The van der Waals surface area contributed by atoms with Gasteiger partial charge in [0.1, 0.15) is 17.2 Å². The third kappa shape index (κ3) is 3.29. The first-order valence-corrected chi connectivity index (χ1v) is 9.09. The van der Waals surface area contributed by atoms with Crippen molar-refractivity contribution in [2.75, 3.05) is 5.32 Å². The first-order chi connectivity index (χ1) is 13.0. The summed E-state index contributed by atoms with van der Waals surface area (Å²) in [6, 6.07) is 18.4. The molecule has 134 valence electrons. The number of anilines is 1. The van der Waals surface area contributed by atoms with E-state index in [1.54, 1.807) is 18.2 Å². The van der Waals surface area contributed by atoms with Crippen LogP contribution in [0, 0.1) is 6.92 Å². The Hall–Kier alpha value is -2.82. The standard InChI is InChI=1S/C21H15Cl2N3O/c1-13-6-5-11-26-19(13)24-18(14-7-3-2-4-8-14)20(26)25-21(27)16-10-9-15(22)12-17(16)23/h2-12H,1H3,(H,25,27). The fourth-order valence-corrected chi connectivity index (χ4v) is 3.46. The van der Waals surface area contributed by atoms with Crippen molar-refractivity contribution in [3.05, 3.63) is 88.0 Å². The molecule has 0 aliphatic rings. The molecule has 2 aromatic carbocycles. The summed E-state index contributed by atoms with van der Waals surface area (Å²) in [7, 11) is 0. The number of pyridine rings is 1. The molecule has 0 aliphatic heterocycles. The average molecular weight is 396 g/mol. The SMILES string of the molecule is Cc1cccn2c(NC(=O)c3ccc(Cl)cc3Cl)c(-c3ccccc3)nc12. The molecule has 0 spiro atoms. The van der Waals surface area contributed by atoms with Crippen LogP contribution in [0.4, 0.5) is 5.82 Å². The number of hydrogen-bond donors (Lipinski definition) is 1. The Labute approximate surface area is 166 Å². The lowest BCUT2D eigenvalue weighted by Gasteiger charge is -2.09. The smallest absolute Gasteiger partial charge is 0.258 e. The number of benzene rings is 2. The molecule has 0 fully saturated rings. The van der Waals surface area contributed by atoms with Crippen LogP contribution >= 0.6 is 23.2 Å². The number of aryl methyl sites for hydroxylation is 1. The lowest BCUT2D eigenvalue weighted by Crippen LogP contribution is -2.14. The van der Waals surface area contributed by atoms with Crippen LogP contribution in [0.2, 0.25) is 10.0 Å². The van der Waals surface area contributed by atoms with E-state index in [1.807, 2.05) is 60.0 Å². The third-order valence-corrected chi connectivity index (χ3v) is 4.85. The molecule has 2 aromatic heterocycles. The maximum atomic E-state index is 12.9. The van der Waals surface area contributed by atoms with Gasteiger partial charge in [0.25, 0.3) is 5.91 Å². The molecule has 1 amide bonds. The minimum atomic E-state index is -0.322. The van der Waals surface area contributed by atoms with E-state index in [2.05, 4.69) is 5.32 Å². The van der Waals surface area contributed by atoms with Gasteiger partial charge in [0.15, 0.2) is 0 Å². The molecule has 4 nitrogen and oxygen atoms in total.